The maximum absolute atomic E-state index is 11.8. The van der Waals surface area contributed by atoms with Crippen molar-refractivity contribution < 1.29 is 33.8 Å². The first-order chi connectivity index (χ1) is 12.1. The molecule has 0 bridgehead atoms. The van der Waals surface area contributed by atoms with Gasteiger partial charge in [0.25, 0.3) is 0 Å². The number of carboxylic acid groups (broad SMARTS) is 2. The van der Waals surface area contributed by atoms with Crippen LogP contribution in [0.1, 0.15) is 32.1 Å². The van der Waals surface area contributed by atoms with E-state index in [2.05, 4.69) is 0 Å². The summed E-state index contributed by atoms with van der Waals surface area (Å²) in [5.74, 6) is -2.50. The van der Waals surface area contributed by atoms with E-state index in [1.165, 1.54) is 0 Å². The number of rotatable bonds is 13. The zero-order valence-electron chi connectivity index (χ0n) is 15.7. The maximum Gasteiger partial charge on any atom is 0.306 e. The van der Waals surface area contributed by atoms with Crippen molar-refractivity contribution in [1.29, 1.82) is 0 Å². The summed E-state index contributed by atoms with van der Waals surface area (Å²) in [6.45, 7) is 0.395. The Morgan fingerprint density at radius 3 is 2.00 bits per heavy atom. The molecule has 7 heteroatoms. The first-order valence-electron chi connectivity index (χ1n) is 8.50. The van der Waals surface area contributed by atoms with E-state index in [9.17, 15) is 19.5 Å². The van der Waals surface area contributed by atoms with Crippen LogP contribution in [-0.4, -0.2) is 61.3 Å². The number of quaternary nitrogens is 1. The molecule has 0 aromatic carbocycles. The molecule has 0 fully saturated rings. The number of carboxylic acids is 2. The molecule has 0 aliphatic heterocycles. The van der Waals surface area contributed by atoms with Gasteiger partial charge in [0.2, 0.25) is 0 Å². The van der Waals surface area contributed by atoms with E-state index in [0.717, 1.165) is 0 Å². The van der Waals surface area contributed by atoms with Crippen molar-refractivity contribution in [2.75, 3.05) is 27.7 Å². The zero-order chi connectivity index (χ0) is 20.0. The molecule has 26 heavy (non-hydrogen) atoms. The van der Waals surface area contributed by atoms with Crippen LogP contribution in [0.4, 0.5) is 0 Å². The molecule has 0 rings (SSSR count). The van der Waals surface area contributed by atoms with Gasteiger partial charge in [0.05, 0.1) is 21.1 Å². The fourth-order valence-electron chi connectivity index (χ4n) is 2.07. The number of nitrogens with zero attached hydrogens (tertiary/aromatic N) is 1. The van der Waals surface area contributed by atoms with Gasteiger partial charge in [-0.1, -0.05) is 36.5 Å². The molecule has 0 spiro atoms. The van der Waals surface area contributed by atoms with Crippen molar-refractivity contribution in [3.05, 3.63) is 36.5 Å². The zero-order valence-corrected chi connectivity index (χ0v) is 15.7. The number of likely N-dealkylation sites (N-methyl/N-ethyl adjacent to an activating group) is 1. The minimum atomic E-state index is -1.24. The van der Waals surface area contributed by atoms with Crippen molar-refractivity contribution in [2.45, 2.75) is 38.2 Å². The van der Waals surface area contributed by atoms with E-state index in [0.29, 0.717) is 23.9 Å². The molecule has 0 aromatic heterocycles. The number of hydrogen-bond donors (Lipinski definition) is 1. The number of carbonyl (C=O) groups excluding carboxylic acids is 2. The van der Waals surface area contributed by atoms with Gasteiger partial charge in [0.15, 0.2) is 6.10 Å². The molecular formula is C19H29NO6. The van der Waals surface area contributed by atoms with Gasteiger partial charge < -0.3 is 24.2 Å². The number of aliphatic carboxylic acids is 2. The Morgan fingerprint density at radius 1 is 1.00 bits per heavy atom. The Bertz CT molecular complexity index is 543. The van der Waals surface area contributed by atoms with Gasteiger partial charge in [0, 0.05) is 25.2 Å². The molecule has 1 N–H and O–H groups in total. The number of hydrogen-bond acceptors (Lipinski definition) is 5. The summed E-state index contributed by atoms with van der Waals surface area (Å²) in [5.41, 5.74) is 0. The Kier molecular flexibility index (Phi) is 11.7. The Balaban J connectivity index is 4.14. The second-order valence-electron chi connectivity index (χ2n) is 6.87. The van der Waals surface area contributed by atoms with Gasteiger partial charge in [-0.25, -0.2) is 0 Å². The van der Waals surface area contributed by atoms with E-state index in [4.69, 9.17) is 9.84 Å². The summed E-state index contributed by atoms with van der Waals surface area (Å²) in [6, 6.07) is 0. The standard InChI is InChI=1S/C19H29NO6/c1-20(2,3)15-16(14-18(23)24)26-19(25)13-11-9-7-5-4-6-8-10-12-17(21)22/h4-9,16H,10-15H2,1-3H3,(H-,21,22,23,24)/b5-4+,8-6+,9-7+. The third-order valence-corrected chi connectivity index (χ3v) is 3.09. The van der Waals surface area contributed by atoms with Crippen LogP contribution in [0.2, 0.25) is 0 Å². The molecule has 0 heterocycles. The fourth-order valence-corrected chi connectivity index (χ4v) is 2.07. The average molecular weight is 367 g/mol. The molecule has 1 unspecified atom stereocenters. The summed E-state index contributed by atoms with van der Waals surface area (Å²) in [6.07, 6.45) is 10.9. The Morgan fingerprint density at radius 2 is 1.54 bits per heavy atom. The highest BCUT2D eigenvalue weighted by molar-refractivity contribution is 5.71. The lowest BCUT2D eigenvalue weighted by Crippen LogP contribution is -2.45. The first-order valence-corrected chi connectivity index (χ1v) is 8.50. The summed E-state index contributed by atoms with van der Waals surface area (Å²) in [5, 5.41) is 19.3. The minimum absolute atomic E-state index is 0.106. The number of esters is 1. The summed E-state index contributed by atoms with van der Waals surface area (Å²) in [7, 11) is 5.67. The van der Waals surface area contributed by atoms with Crippen LogP contribution in [0.25, 0.3) is 0 Å². The van der Waals surface area contributed by atoms with Crippen LogP contribution >= 0.6 is 0 Å². The molecule has 146 valence electrons. The maximum atomic E-state index is 11.8. The van der Waals surface area contributed by atoms with Gasteiger partial charge in [0.1, 0.15) is 6.54 Å². The highest BCUT2D eigenvalue weighted by atomic mass is 16.5. The predicted molar refractivity (Wildman–Crippen MR) is 95.9 cm³/mol. The average Bonchev–Trinajstić information content (AvgIpc) is 2.46. The third kappa shape index (κ3) is 16.4. The minimum Gasteiger partial charge on any atom is -0.550 e. The normalized spacial score (nSPS) is 13.5. The molecule has 0 radical (unpaired) electrons. The smallest absolute Gasteiger partial charge is 0.306 e. The third-order valence-electron chi connectivity index (χ3n) is 3.09. The van der Waals surface area contributed by atoms with Gasteiger partial charge in [-0.15, -0.1) is 0 Å². The monoisotopic (exact) mass is 367 g/mol. The summed E-state index contributed by atoms with van der Waals surface area (Å²) < 4.78 is 5.72. The SMILES string of the molecule is C[N+](C)(C)CC(CC(=O)[O-])OC(=O)CC/C=C/C=C/C=C/CCC(=O)O. The van der Waals surface area contributed by atoms with E-state index in [-0.39, 0.29) is 19.3 Å². The lowest BCUT2D eigenvalue weighted by molar-refractivity contribution is -0.873. The molecule has 0 aromatic rings. The number of ether oxygens (including phenoxy) is 1. The van der Waals surface area contributed by atoms with Crippen molar-refractivity contribution in [2.24, 2.45) is 0 Å². The predicted octanol–water partition coefficient (Wildman–Crippen LogP) is 1.06. The second kappa shape index (κ2) is 12.9. The largest absolute Gasteiger partial charge is 0.550 e. The molecule has 0 aliphatic carbocycles. The molecule has 0 saturated carbocycles. The van der Waals surface area contributed by atoms with Crippen LogP contribution < -0.4 is 5.11 Å². The summed E-state index contributed by atoms with van der Waals surface area (Å²) >= 11 is 0. The van der Waals surface area contributed by atoms with Crippen LogP contribution in [-0.2, 0) is 19.1 Å². The number of carbonyl (C=O) groups is 3. The van der Waals surface area contributed by atoms with Gasteiger partial charge in [-0.3, -0.25) is 9.59 Å². The molecular weight excluding hydrogens is 338 g/mol. The van der Waals surface area contributed by atoms with Crippen LogP contribution in [0.5, 0.6) is 0 Å². The topological polar surface area (TPSA) is 104 Å². The first kappa shape index (κ1) is 23.6. The van der Waals surface area contributed by atoms with Crippen molar-refractivity contribution >= 4 is 17.9 Å². The quantitative estimate of drug-likeness (QED) is 0.296. The fraction of sp³-hybridized carbons (Fsp3) is 0.526. The Labute approximate surface area is 154 Å². The highest BCUT2D eigenvalue weighted by Crippen LogP contribution is 2.07. The number of allylic oxidation sites excluding steroid dienone is 6. The van der Waals surface area contributed by atoms with Crippen molar-refractivity contribution in [3.8, 4) is 0 Å². The van der Waals surface area contributed by atoms with Gasteiger partial charge >= 0.3 is 11.9 Å². The molecule has 0 amide bonds. The van der Waals surface area contributed by atoms with Crippen molar-refractivity contribution in [1.82, 2.24) is 0 Å². The van der Waals surface area contributed by atoms with E-state index in [1.54, 1.807) is 36.5 Å². The van der Waals surface area contributed by atoms with E-state index >= 15 is 0 Å². The molecule has 0 aliphatic rings. The summed E-state index contributed by atoms with van der Waals surface area (Å²) in [4.78, 5) is 32.9. The highest BCUT2D eigenvalue weighted by Gasteiger charge is 2.22. The van der Waals surface area contributed by atoms with Crippen molar-refractivity contribution in [3.63, 3.8) is 0 Å². The lowest BCUT2D eigenvalue weighted by Gasteiger charge is -2.29. The molecule has 0 saturated heterocycles. The van der Waals surface area contributed by atoms with E-state index < -0.39 is 24.0 Å². The van der Waals surface area contributed by atoms with Gasteiger partial charge in [-0.2, -0.15) is 0 Å². The Hall–Kier alpha value is -2.41. The van der Waals surface area contributed by atoms with E-state index in [1.807, 2.05) is 21.1 Å². The van der Waals surface area contributed by atoms with Crippen LogP contribution in [0.15, 0.2) is 36.5 Å². The van der Waals surface area contributed by atoms with Crippen LogP contribution in [0.3, 0.4) is 0 Å². The van der Waals surface area contributed by atoms with Gasteiger partial charge in [-0.05, 0) is 12.8 Å². The second-order valence-corrected chi connectivity index (χ2v) is 6.87. The molecule has 7 nitrogen and oxygen atoms in total. The molecule has 1 atom stereocenters. The lowest BCUT2D eigenvalue weighted by atomic mass is 10.2. The van der Waals surface area contributed by atoms with Crippen LogP contribution in [0, 0.1) is 0 Å².